The van der Waals surface area contributed by atoms with Gasteiger partial charge in [-0.1, -0.05) is 19.1 Å². The second-order valence-electron chi connectivity index (χ2n) is 5.05. The van der Waals surface area contributed by atoms with Gasteiger partial charge in [0.2, 0.25) is 0 Å². The minimum Gasteiger partial charge on any atom is -0.494 e. The van der Waals surface area contributed by atoms with Crippen LogP contribution in [-0.4, -0.2) is 29.8 Å². The Labute approximate surface area is 121 Å². The molecule has 0 saturated heterocycles. The summed E-state index contributed by atoms with van der Waals surface area (Å²) in [5, 5.41) is 12.4. The Kier molecular flexibility index (Phi) is 7.09. The van der Waals surface area contributed by atoms with E-state index in [9.17, 15) is 4.79 Å². The first kappa shape index (κ1) is 16.5. The lowest BCUT2D eigenvalue weighted by Crippen LogP contribution is -2.39. The lowest BCUT2D eigenvalue weighted by Gasteiger charge is -2.21. The number of carbonyl (C=O) groups is 1. The SMILES string of the molecule is CCOc1ccc(CC(CC(=O)O)NC(C)CC)cc1. The Morgan fingerprint density at radius 3 is 2.45 bits per heavy atom. The molecule has 0 amide bonds. The molecule has 0 aliphatic rings. The number of hydrogen-bond acceptors (Lipinski definition) is 3. The molecule has 0 saturated carbocycles. The summed E-state index contributed by atoms with van der Waals surface area (Å²) in [5.41, 5.74) is 1.12. The molecule has 2 unspecified atom stereocenters. The number of benzene rings is 1. The Bertz CT molecular complexity index is 403. The maximum absolute atomic E-state index is 10.9. The predicted molar refractivity (Wildman–Crippen MR) is 80.2 cm³/mol. The van der Waals surface area contributed by atoms with E-state index in [0.29, 0.717) is 19.1 Å². The van der Waals surface area contributed by atoms with Gasteiger partial charge in [-0.05, 0) is 44.4 Å². The van der Waals surface area contributed by atoms with Crippen LogP contribution in [0.25, 0.3) is 0 Å². The molecule has 4 nitrogen and oxygen atoms in total. The number of ether oxygens (including phenoxy) is 1. The molecule has 1 rings (SSSR count). The van der Waals surface area contributed by atoms with Crippen LogP contribution in [0.4, 0.5) is 0 Å². The zero-order valence-corrected chi connectivity index (χ0v) is 12.6. The van der Waals surface area contributed by atoms with Gasteiger partial charge in [-0.25, -0.2) is 0 Å². The first-order valence-corrected chi connectivity index (χ1v) is 7.24. The number of rotatable bonds is 9. The maximum atomic E-state index is 10.9. The summed E-state index contributed by atoms with van der Waals surface area (Å²) in [4.78, 5) is 10.9. The minimum atomic E-state index is -0.767. The van der Waals surface area contributed by atoms with E-state index >= 15 is 0 Å². The summed E-state index contributed by atoms with van der Waals surface area (Å²) in [6.45, 7) is 6.77. The first-order chi connectivity index (χ1) is 9.55. The number of carboxylic acid groups (broad SMARTS) is 1. The van der Waals surface area contributed by atoms with E-state index in [0.717, 1.165) is 17.7 Å². The van der Waals surface area contributed by atoms with E-state index in [1.54, 1.807) is 0 Å². The van der Waals surface area contributed by atoms with E-state index in [2.05, 4.69) is 19.2 Å². The van der Waals surface area contributed by atoms with Gasteiger partial charge in [0.25, 0.3) is 0 Å². The summed E-state index contributed by atoms with van der Waals surface area (Å²) in [6.07, 6.45) is 1.83. The minimum absolute atomic E-state index is 0.0413. The fraction of sp³-hybridized carbons (Fsp3) is 0.562. The lowest BCUT2D eigenvalue weighted by atomic mass is 10.0. The van der Waals surface area contributed by atoms with Crippen LogP contribution in [0.15, 0.2) is 24.3 Å². The van der Waals surface area contributed by atoms with Crippen molar-refractivity contribution in [3.63, 3.8) is 0 Å². The maximum Gasteiger partial charge on any atom is 0.304 e. The second-order valence-corrected chi connectivity index (χ2v) is 5.05. The molecule has 2 atom stereocenters. The van der Waals surface area contributed by atoms with Crippen LogP contribution >= 0.6 is 0 Å². The quantitative estimate of drug-likeness (QED) is 0.730. The smallest absolute Gasteiger partial charge is 0.304 e. The zero-order valence-electron chi connectivity index (χ0n) is 12.6. The molecular formula is C16H25NO3. The van der Waals surface area contributed by atoms with E-state index < -0.39 is 5.97 Å². The monoisotopic (exact) mass is 279 g/mol. The highest BCUT2D eigenvalue weighted by Gasteiger charge is 2.15. The Morgan fingerprint density at radius 2 is 1.95 bits per heavy atom. The van der Waals surface area contributed by atoms with Crippen molar-refractivity contribution < 1.29 is 14.6 Å². The zero-order chi connectivity index (χ0) is 15.0. The van der Waals surface area contributed by atoms with Gasteiger partial charge in [0.15, 0.2) is 0 Å². The summed E-state index contributed by atoms with van der Waals surface area (Å²) in [5.74, 6) is 0.0812. The lowest BCUT2D eigenvalue weighted by molar-refractivity contribution is -0.137. The van der Waals surface area contributed by atoms with E-state index in [4.69, 9.17) is 9.84 Å². The van der Waals surface area contributed by atoms with Gasteiger partial charge in [-0.2, -0.15) is 0 Å². The first-order valence-electron chi connectivity index (χ1n) is 7.24. The normalized spacial score (nSPS) is 13.8. The molecule has 0 aromatic heterocycles. The molecule has 0 fully saturated rings. The van der Waals surface area contributed by atoms with Gasteiger partial charge in [0.05, 0.1) is 13.0 Å². The molecule has 20 heavy (non-hydrogen) atoms. The van der Waals surface area contributed by atoms with Crippen molar-refractivity contribution in [3.8, 4) is 5.75 Å². The summed E-state index contributed by atoms with van der Waals surface area (Å²) in [7, 11) is 0. The molecule has 0 bridgehead atoms. The largest absolute Gasteiger partial charge is 0.494 e. The molecule has 112 valence electrons. The second kappa shape index (κ2) is 8.59. The standard InChI is InChI=1S/C16H25NO3/c1-4-12(3)17-14(11-16(18)19)10-13-6-8-15(9-7-13)20-5-2/h6-9,12,14,17H,4-5,10-11H2,1-3H3,(H,18,19). The third-order valence-electron chi connectivity index (χ3n) is 3.27. The fourth-order valence-electron chi connectivity index (χ4n) is 2.09. The molecule has 1 aromatic rings. The summed E-state index contributed by atoms with van der Waals surface area (Å²) in [6, 6.07) is 8.14. The molecule has 0 spiro atoms. The highest BCUT2D eigenvalue weighted by atomic mass is 16.5. The van der Waals surface area contributed by atoms with Crippen LogP contribution in [0.2, 0.25) is 0 Å². The van der Waals surface area contributed by atoms with E-state index in [1.807, 2.05) is 31.2 Å². The van der Waals surface area contributed by atoms with Crippen molar-refractivity contribution in [2.75, 3.05) is 6.61 Å². The van der Waals surface area contributed by atoms with Gasteiger partial charge in [-0.3, -0.25) is 4.79 Å². The molecule has 0 aliphatic heterocycles. The van der Waals surface area contributed by atoms with Crippen molar-refractivity contribution in [1.82, 2.24) is 5.32 Å². The van der Waals surface area contributed by atoms with Crippen LogP contribution in [0.5, 0.6) is 5.75 Å². The summed E-state index contributed by atoms with van der Waals surface area (Å²) >= 11 is 0. The van der Waals surface area contributed by atoms with Gasteiger partial charge in [0, 0.05) is 12.1 Å². The fourth-order valence-corrected chi connectivity index (χ4v) is 2.09. The number of hydrogen-bond donors (Lipinski definition) is 2. The van der Waals surface area contributed by atoms with E-state index in [1.165, 1.54) is 0 Å². The molecular weight excluding hydrogens is 254 g/mol. The topological polar surface area (TPSA) is 58.6 Å². The van der Waals surface area contributed by atoms with Crippen molar-refractivity contribution in [1.29, 1.82) is 0 Å². The van der Waals surface area contributed by atoms with Gasteiger partial charge < -0.3 is 15.2 Å². The van der Waals surface area contributed by atoms with Gasteiger partial charge >= 0.3 is 5.97 Å². The van der Waals surface area contributed by atoms with Crippen LogP contribution < -0.4 is 10.1 Å². The summed E-state index contributed by atoms with van der Waals surface area (Å²) < 4.78 is 5.40. The van der Waals surface area contributed by atoms with Crippen molar-refractivity contribution >= 4 is 5.97 Å². The Balaban J connectivity index is 2.65. The van der Waals surface area contributed by atoms with Crippen LogP contribution in [-0.2, 0) is 11.2 Å². The molecule has 0 heterocycles. The van der Waals surface area contributed by atoms with Crippen molar-refractivity contribution in [2.45, 2.75) is 52.1 Å². The molecule has 4 heteroatoms. The predicted octanol–water partition coefficient (Wildman–Crippen LogP) is 2.86. The number of aliphatic carboxylic acids is 1. The number of nitrogens with one attached hydrogen (secondary N) is 1. The third kappa shape index (κ3) is 6.06. The van der Waals surface area contributed by atoms with Crippen molar-refractivity contribution in [3.05, 3.63) is 29.8 Å². The van der Waals surface area contributed by atoms with Gasteiger partial charge in [0.1, 0.15) is 5.75 Å². The highest BCUT2D eigenvalue weighted by Crippen LogP contribution is 2.14. The number of carboxylic acids is 1. The van der Waals surface area contributed by atoms with E-state index in [-0.39, 0.29) is 12.5 Å². The molecule has 0 radical (unpaired) electrons. The Morgan fingerprint density at radius 1 is 1.30 bits per heavy atom. The molecule has 2 N–H and O–H groups in total. The molecule has 1 aromatic carbocycles. The van der Waals surface area contributed by atoms with Crippen molar-refractivity contribution in [2.24, 2.45) is 0 Å². The average Bonchev–Trinajstić information content (AvgIpc) is 2.40. The van der Waals surface area contributed by atoms with Crippen LogP contribution in [0, 0.1) is 0 Å². The van der Waals surface area contributed by atoms with Crippen LogP contribution in [0.3, 0.4) is 0 Å². The average molecular weight is 279 g/mol. The highest BCUT2D eigenvalue weighted by molar-refractivity contribution is 5.67. The molecule has 0 aliphatic carbocycles. The third-order valence-corrected chi connectivity index (χ3v) is 3.27. The Hall–Kier alpha value is -1.55. The van der Waals surface area contributed by atoms with Crippen LogP contribution in [0.1, 0.15) is 39.2 Å². The van der Waals surface area contributed by atoms with Gasteiger partial charge in [-0.15, -0.1) is 0 Å².